The van der Waals surface area contributed by atoms with E-state index in [-0.39, 0.29) is 0 Å². The summed E-state index contributed by atoms with van der Waals surface area (Å²) >= 11 is 5.46. The van der Waals surface area contributed by atoms with Gasteiger partial charge >= 0.3 is 0 Å². The van der Waals surface area contributed by atoms with Crippen LogP contribution in [0.25, 0.3) is 0 Å². The number of ether oxygens (including phenoxy) is 1. The quantitative estimate of drug-likeness (QED) is 0.861. The Bertz CT molecular complexity index is 374. The fraction of sp³-hybridized carbons (Fsp3) is 0.714. The predicted octanol–water partition coefficient (Wildman–Crippen LogP) is 4.43. The number of hydrogen-bond donors (Lipinski definition) is 1. The molecule has 1 aromatic rings. The van der Waals surface area contributed by atoms with Crippen LogP contribution in [0.1, 0.15) is 49.6 Å². The third kappa shape index (κ3) is 3.35. The van der Waals surface area contributed by atoms with E-state index in [2.05, 4.69) is 48.1 Å². The molecule has 1 aliphatic heterocycles. The maximum atomic E-state index is 6.05. The molecule has 1 aliphatic rings. The van der Waals surface area contributed by atoms with Crippen molar-refractivity contribution >= 4 is 27.3 Å². The number of aryl methyl sites for hydroxylation is 1. The normalized spacial score (nSPS) is 25.6. The number of rotatable bonds is 5. The lowest BCUT2D eigenvalue weighted by Gasteiger charge is -2.23. The van der Waals surface area contributed by atoms with Gasteiger partial charge in [0, 0.05) is 4.88 Å². The molecule has 2 nitrogen and oxygen atoms in total. The molecule has 0 bridgehead atoms. The van der Waals surface area contributed by atoms with Gasteiger partial charge in [0.1, 0.15) is 0 Å². The van der Waals surface area contributed by atoms with Crippen molar-refractivity contribution in [3.05, 3.63) is 20.3 Å². The maximum Gasteiger partial charge on any atom is 0.0782 e. The van der Waals surface area contributed by atoms with Crippen molar-refractivity contribution in [2.24, 2.45) is 0 Å². The number of nitrogens with one attached hydrogen (secondary N) is 1. The molecule has 0 radical (unpaired) electrons. The molecular weight excluding hydrogens is 310 g/mol. The summed E-state index contributed by atoms with van der Waals surface area (Å²) in [4.78, 5) is 1.40. The Labute approximate surface area is 122 Å². The van der Waals surface area contributed by atoms with Crippen LogP contribution in [-0.2, 0) is 4.74 Å². The fourth-order valence-corrected chi connectivity index (χ4v) is 4.13. The summed E-state index contributed by atoms with van der Waals surface area (Å²) in [5.74, 6) is 0. The maximum absolute atomic E-state index is 6.05. The zero-order chi connectivity index (χ0) is 13.1. The van der Waals surface area contributed by atoms with E-state index >= 15 is 0 Å². The second-order valence-corrected chi connectivity index (χ2v) is 7.50. The van der Waals surface area contributed by atoms with Gasteiger partial charge in [0.2, 0.25) is 0 Å². The molecule has 102 valence electrons. The van der Waals surface area contributed by atoms with Gasteiger partial charge in [0.05, 0.1) is 22.0 Å². The summed E-state index contributed by atoms with van der Waals surface area (Å²) in [7, 11) is 0. The standard InChI is InChI=1S/C14H22BrNOS/c1-4-7-16-13(11-6-5-10(3)17-11)12-8-9(2)14(15)18-12/h8,10-11,13,16H,4-7H2,1-3H3. The summed E-state index contributed by atoms with van der Waals surface area (Å²) < 4.78 is 7.30. The zero-order valence-corrected chi connectivity index (χ0v) is 13.7. The molecule has 1 N–H and O–H groups in total. The molecule has 1 fully saturated rings. The van der Waals surface area contributed by atoms with Gasteiger partial charge in [-0.15, -0.1) is 11.3 Å². The van der Waals surface area contributed by atoms with Crippen molar-refractivity contribution in [3.8, 4) is 0 Å². The van der Waals surface area contributed by atoms with Crippen molar-refractivity contribution in [2.45, 2.75) is 58.3 Å². The molecule has 3 atom stereocenters. The topological polar surface area (TPSA) is 21.3 Å². The molecule has 18 heavy (non-hydrogen) atoms. The molecule has 2 heterocycles. The molecule has 1 aromatic heterocycles. The Morgan fingerprint density at radius 1 is 1.56 bits per heavy atom. The molecule has 0 spiro atoms. The van der Waals surface area contributed by atoms with E-state index in [1.807, 2.05) is 11.3 Å². The van der Waals surface area contributed by atoms with Gasteiger partial charge in [0.15, 0.2) is 0 Å². The third-order valence-electron chi connectivity index (χ3n) is 3.43. The van der Waals surface area contributed by atoms with E-state index in [0.717, 1.165) is 19.4 Å². The lowest BCUT2D eigenvalue weighted by atomic mass is 10.1. The highest BCUT2D eigenvalue weighted by Gasteiger charge is 2.31. The minimum Gasteiger partial charge on any atom is -0.373 e. The first-order valence-electron chi connectivity index (χ1n) is 6.76. The second-order valence-electron chi connectivity index (χ2n) is 5.10. The number of halogens is 1. The molecular formula is C14H22BrNOS. The molecule has 0 saturated carbocycles. The van der Waals surface area contributed by atoms with Crippen LogP contribution in [0.5, 0.6) is 0 Å². The van der Waals surface area contributed by atoms with Crippen molar-refractivity contribution in [3.63, 3.8) is 0 Å². The van der Waals surface area contributed by atoms with E-state index in [1.54, 1.807) is 0 Å². The van der Waals surface area contributed by atoms with Crippen LogP contribution in [0.2, 0.25) is 0 Å². The monoisotopic (exact) mass is 331 g/mol. The van der Waals surface area contributed by atoms with Crippen LogP contribution in [0.4, 0.5) is 0 Å². The second kappa shape index (κ2) is 6.51. The van der Waals surface area contributed by atoms with Crippen molar-refractivity contribution < 1.29 is 4.74 Å². The Balaban J connectivity index is 2.13. The zero-order valence-electron chi connectivity index (χ0n) is 11.3. The van der Waals surface area contributed by atoms with Gasteiger partial charge in [-0.2, -0.15) is 0 Å². The average molecular weight is 332 g/mol. The van der Waals surface area contributed by atoms with Crippen LogP contribution >= 0.6 is 27.3 Å². The highest BCUT2D eigenvalue weighted by Crippen LogP contribution is 2.37. The molecule has 1 saturated heterocycles. The van der Waals surface area contributed by atoms with Crippen molar-refractivity contribution in [1.29, 1.82) is 0 Å². The Morgan fingerprint density at radius 3 is 2.83 bits per heavy atom. The third-order valence-corrected chi connectivity index (χ3v) is 5.65. The summed E-state index contributed by atoms with van der Waals surface area (Å²) in [5, 5.41) is 3.65. The van der Waals surface area contributed by atoms with Crippen LogP contribution in [0.3, 0.4) is 0 Å². The van der Waals surface area contributed by atoms with E-state index in [1.165, 1.54) is 20.6 Å². The van der Waals surface area contributed by atoms with E-state index in [4.69, 9.17) is 4.74 Å². The first kappa shape index (κ1) is 14.5. The first-order chi connectivity index (χ1) is 8.61. The van der Waals surface area contributed by atoms with Crippen LogP contribution in [-0.4, -0.2) is 18.8 Å². The van der Waals surface area contributed by atoms with Gasteiger partial charge in [-0.3, -0.25) is 0 Å². The number of hydrogen-bond acceptors (Lipinski definition) is 3. The van der Waals surface area contributed by atoms with E-state index < -0.39 is 0 Å². The lowest BCUT2D eigenvalue weighted by molar-refractivity contribution is 0.0324. The van der Waals surface area contributed by atoms with E-state index in [0.29, 0.717) is 18.2 Å². The fourth-order valence-electron chi connectivity index (χ4n) is 2.43. The van der Waals surface area contributed by atoms with Crippen molar-refractivity contribution in [1.82, 2.24) is 5.32 Å². The smallest absolute Gasteiger partial charge is 0.0782 e. The Kier molecular flexibility index (Phi) is 5.24. The summed E-state index contributed by atoms with van der Waals surface area (Å²) in [6.45, 7) is 7.58. The van der Waals surface area contributed by atoms with Crippen LogP contribution in [0.15, 0.2) is 9.85 Å². The van der Waals surface area contributed by atoms with Crippen molar-refractivity contribution in [2.75, 3.05) is 6.54 Å². The Hall–Kier alpha value is 0.1000. The lowest BCUT2D eigenvalue weighted by Crippen LogP contribution is -2.32. The van der Waals surface area contributed by atoms with Crippen LogP contribution in [0, 0.1) is 6.92 Å². The van der Waals surface area contributed by atoms with Gasteiger partial charge in [-0.05, 0) is 67.2 Å². The first-order valence-corrected chi connectivity index (χ1v) is 8.37. The molecule has 0 aliphatic carbocycles. The minimum atomic E-state index is 0.330. The summed E-state index contributed by atoms with van der Waals surface area (Å²) in [5.41, 5.74) is 1.32. The molecule has 2 rings (SSSR count). The minimum absolute atomic E-state index is 0.330. The van der Waals surface area contributed by atoms with Gasteiger partial charge in [-0.1, -0.05) is 6.92 Å². The van der Waals surface area contributed by atoms with E-state index in [9.17, 15) is 0 Å². The molecule has 0 amide bonds. The summed E-state index contributed by atoms with van der Waals surface area (Å²) in [6, 6.07) is 2.64. The van der Waals surface area contributed by atoms with Gasteiger partial charge in [-0.25, -0.2) is 0 Å². The molecule has 4 heteroatoms. The molecule has 3 unspecified atom stereocenters. The number of thiophene rings is 1. The average Bonchev–Trinajstić information content (AvgIpc) is 2.88. The predicted molar refractivity (Wildman–Crippen MR) is 81.4 cm³/mol. The largest absolute Gasteiger partial charge is 0.373 e. The summed E-state index contributed by atoms with van der Waals surface area (Å²) in [6.07, 6.45) is 4.24. The highest BCUT2D eigenvalue weighted by molar-refractivity contribution is 9.11. The highest BCUT2D eigenvalue weighted by atomic mass is 79.9. The van der Waals surface area contributed by atoms with Gasteiger partial charge in [0.25, 0.3) is 0 Å². The Morgan fingerprint density at radius 2 is 2.33 bits per heavy atom. The van der Waals surface area contributed by atoms with Gasteiger partial charge < -0.3 is 10.1 Å². The van der Waals surface area contributed by atoms with Crippen LogP contribution < -0.4 is 5.32 Å². The SMILES string of the molecule is CCCNC(c1cc(C)c(Br)s1)C1CCC(C)O1. The molecule has 0 aromatic carbocycles.